The fourth-order valence-electron chi connectivity index (χ4n) is 5.03. The van der Waals surface area contributed by atoms with Gasteiger partial charge in [0.1, 0.15) is 0 Å². The van der Waals surface area contributed by atoms with E-state index in [4.69, 9.17) is 9.53 Å². The Bertz CT molecular complexity index is 374. The lowest BCUT2D eigenvalue weighted by molar-refractivity contribution is -0.0135. The predicted octanol–water partition coefficient (Wildman–Crippen LogP) is 4.61. The van der Waals surface area contributed by atoms with Crippen molar-refractivity contribution in [3.05, 3.63) is 12.2 Å². The molecule has 2 rings (SSSR count). The maximum atomic E-state index is 9.02. The first kappa shape index (κ1) is 17.2. The number of fused-ring (bicyclic) bond motifs is 1. The van der Waals surface area contributed by atoms with Crippen molar-refractivity contribution in [3.8, 4) is 0 Å². The highest BCUT2D eigenvalue weighted by molar-refractivity contribution is 6.69. The van der Waals surface area contributed by atoms with Crippen LogP contribution in [0.25, 0.3) is 0 Å². The molecule has 3 heteroatoms. The van der Waals surface area contributed by atoms with Gasteiger partial charge in [-0.25, -0.2) is 0 Å². The molecule has 0 aromatic heterocycles. The SMILES string of the molecule is C[C@H](/C=C/CO)[C@H]1CCC2C(O[Si](C)(C)C)CCC[C@@]21C. The van der Waals surface area contributed by atoms with E-state index < -0.39 is 8.32 Å². The zero-order valence-electron chi connectivity index (χ0n) is 14.6. The van der Waals surface area contributed by atoms with Crippen molar-refractivity contribution in [2.75, 3.05) is 6.61 Å². The van der Waals surface area contributed by atoms with Gasteiger partial charge in [-0.2, -0.15) is 0 Å². The fourth-order valence-corrected chi connectivity index (χ4v) is 6.22. The van der Waals surface area contributed by atoms with Gasteiger partial charge in [-0.15, -0.1) is 0 Å². The van der Waals surface area contributed by atoms with E-state index >= 15 is 0 Å². The molecule has 2 aliphatic rings. The van der Waals surface area contributed by atoms with Gasteiger partial charge in [-0.1, -0.05) is 32.4 Å². The first-order valence-electron chi connectivity index (χ1n) is 8.73. The van der Waals surface area contributed by atoms with Crippen LogP contribution < -0.4 is 0 Å². The van der Waals surface area contributed by atoms with Gasteiger partial charge in [0.2, 0.25) is 0 Å². The van der Waals surface area contributed by atoms with Gasteiger partial charge in [0.05, 0.1) is 6.61 Å². The molecule has 2 unspecified atom stereocenters. The highest BCUT2D eigenvalue weighted by Crippen LogP contribution is 2.58. The summed E-state index contributed by atoms with van der Waals surface area (Å²) >= 11 is 0. The Kier molecular flexibility index (Phi) is 5.38. The summed E-state index contributed by atoms with van der Waals surface area (Å²) < 4.78 is 6.55. The number of rotatable bonds is 5. The standard InChI is InChI=1S/C18H34O2Si/c1-14(8-7-13-19)15-10-11-16-17(20-21(3,4)5)9-6-12-18(15,16)2/h7-8,14-17,19H,6,9-13H2,1-5H3/b8-7+/t14-,15-,16?,17?,18-/m1/s1. The summed E-state index contributed by atoms with van der Waals surface area (Å²) in [5.74, 6) is 2.06. The van der Waals surface area contributed by atoms with Crippen LogP contribution >= 0.6 is 0 Å². The molecule has 21 heavy (non-hydrogen) atoms. The monoisotopic (exact) mass is 310 g/mol. The lowest BCUT2D eigenvalue weighted by Crippen LogP contribution is -2.46. The van der Waals surface area contributed by atoms with Crippen LogP contribution in [0.4, 0.5) is 0 Å². The van der Waals surface area contributed by atoms with Gasteiger partial charge in [-0.05, 0) is 68.5 Å². The second kappa shape index (κ2) is 6.55. The summed E-state index contributed by atoms with van der Waals surface area (Å²) in [7, 11) is -1.45. The Morgan fingerprint density at radius 2 is 2.00 bits per heavy atom. The van der Waals surface area contributed by atoms with E-state index in [1.165, 1.54) is 32.1 Å². The third-order valence-corrected chi connectivity index (χ3v) is 6.83. The smallest absolute Gasteiger partial charge is 0.184 e. The van der Waals surface area contributed by atoms with Gasteiger partial charge in [-0.3, -0.25) is 0 Å². The molecule has 2 aliphatic carbocycles. The molecule has 2 nitrogen and oxygen atoms in total. The lowest BCUT2D eigenvalue weighted by Gasteiger charge is -2.47. The minimum absolute atomic E-state index is 0.165. The quantitative estimate of drug-likeness (QED) is 0.593. The van der Waals surface area contributed by atoms with E-state index in [1.807, 2.05) is 6.08 Å². The molecule has 0 aromatic rings. The highest BCUT2D eigenvalue weighted by Gasteiger charge is 2.52. The van der Waals surface area contributed by atoms with Crippen LogP contribution in [0, 0.1) is 23.2 Å². The van der Waals surface area contributed by atoms with Crippen molar-refractivity contribution >= 4 is 8.32 Å². The topological polar surface area (TPSA) is 29.5 Å². The van der Waals surface area contributed by atoms with Crippen LogP contribution in [0.15, 0.2) is 12.2 Å². The molecule has 122 valence electrons. The summed E-state index contributed by atoms with van der Waals surface area (Å²) in [6.07, 6.45) is 11.2. The minimum Gasteiger partial charge on any atom is -0.414 e. The zero-order chi connectivity index (χ0) is 15.7. The zero-order valence-corrected chi connectivity index (χ0v) is 15.6. The molecule has 0 radical (unpaired) electrons. The van der Waals surface area contributed by atoms with Gasteiger partial charge >= 0.3 is 0 Å². The molecular weight excluding hydrogens is 276 g/mol. The first-order chi connectivity index (χ1) is 9.78. The van der Waals surface area contributed by atoms with Crippen LogP contribution in [0.1, 0.15) is 46.0 Å². The Morgan fingerprint density at radius 1 is 1.29 bits per heavy atom. The average Bonchev–Trinajstić information content (AvgIpc) is 2.72. The Labute approximate surface area is 132 Å². The van der Waals surface area contributed by atoms with Crippen molar-refractivity contribution in [2.45, 2.75) is 71.7 Å². The van der Waals surface area contributed by atoms with Crippen molar-refractivity contribution in [3.63, 3.8) is 0 Å². The average molecular weight is 311 g/mol. The number of allylic oxidation sites excluding steroid dienone is 1. The van der Waals surface area contributed by atoms with Crippen molar-refractivity contribution in [2.24, 2.45) is 23.2 Å². The number of hydrogen-bond donors (Lipinski definition) is 1. The van der Waals surface area contributed by atoms with E-state index in [0.29, 0.717) is 17.4 Å². The molecular formula is C18H34O2Si. The number of aliphatic hydroxyl groups excluding tert-OH is 1. The van der Waals surface area contributed by atoms with Crippen molar-refractivity contribution in [1.29, 1.82) is 0 Å². The minimum atomic E-state index is -1.45. The summed E-state index contributed by atoms with van der Waals surface area (Å²) in [5.41, 5.74) is 0.432. The maximum Gasteiger partial charge on any atom is 0.184 e. The van der Waals surface area contributed by atoms with E-state index in [0.717, 1.165) is 11.8 Å². The van der Waals surface area contributed by atoms with Crippen molar-refractivity contribution in [1.82, 2.24) is 0 Å². The molecule has 2 fully saturated rings. The highest BCUT2D eigenvalue weighted by atomic mass is 28.4. The second-order valence-corrected chi connectivity index (χ2v) is 12.9. The van der Waals surface area contributed by atoms with E-state index in [2.05, 4.69) is 39.6 Å². The third kappa shape index (κ3) is 3.80. The molecule has 0 heterocycles. The van der Waals surface area contributed by atoms with Crippen LogP contribution in [0.5, 0.6) is 0 Å². The van der Waals surface area contributed by atoms with Crippen molar-refractivity contribution < 1.29 is 9.53 Å². The van der Waals surface area contributed by atoms with Gasteiger partial charge in [0, 0.05) is 6.10 Å². The summed E-state index contributed by atoms with van der Waals surface area (Å²) in [4.78, 5) is 0. The molecule has 2 saturated carbocycles. The molecule has 0 amide bonds. The van der Waals surface area contributed by atoms with Gasteiger partial charge in [0.25, 0.3) is 0 Å². The first-order valence-corrected chi connectivity index (χ1v) is 12.1. The van der Waals surface area contributed by atoms with Crippen LogP contribution in [0.3, 0.4) is 0 Å². The molecule has 0 aliphatic heterocycles. The lowest BCUT2D eigenvalue weighted by atomic mass is 9.62. The van der Waals surface area contributed by atoms with Gasteiger partial charge < -0.3 is 9.53 Å². The Balaban J connectivity index is 2.13. The van der Waals surface area contributed by atoms with Crippen LogP contribution in [0.2, 0.25) is 19.6 Å². The van der Waals surface area contributed by atoms with E-state index in [-0.39, 0.29) is 6.61 Å². The van der Waals surface area contributed by atoms with Gasteiger partial charge in [0.15, 0.2) is 8.32 Å². The Morgan fingerprint density at radius 3 is 2.62 bits per heavy atom. The predicted molar refractivity (Wildman–Crippen MR) is 91.8 cm³/mol. The Hall–Kier alpha value is -0.123. The third-order valence-electron chi connectivity index (χ3n) is 5.82. The van der Waals surface area contributed by atoms with Crippen LogP contribution in [-0.4, -0.2) is 26.1 Å². The summed E-state index contributed by atoms with van der Waals surface area (Å²) in [5, 5.41) is 9.02. The fraction of sp³-hybridized carbons (Fsp3) is 0.889. The van der Waals surface area contributed by atoms with E-state index in [9.17, 15) is 0 Å². The van der Waals surface area contributed by atoms with Crippen LogP contribution in [-0.2, 0) is 4.43 Å². The molecule has 5 atom stereocenters. The summed E-state index contributed by atoms with van der Waals surface area (Å²) in [6.45, 7) is 12.0. The number of hydrogen-bond acceptors (Lipinski definition) is 2. The van der Waals surface area contributed by atoms with E-state index in [1.54, 1.807) is 0 Å². The molecule has 1 N–H and O–H groups in total. The normalized spacial score (nSPS) is 38.7. The largest absolute Gasteiger partial charge is 0.414 e. The molecule has 0 aromatic carbocycles. The molecule has 0 saturated heterocycles. The maximum absolute atomic E-state index is 9.02. The number of aliphatic hydroxyl groups is 1. The molecule has 0 bridgehead atoms. The summed E-state index contributed by atoms with van der Waals surface area (Å²) in [6, 6.07) is 0. The molecule has 0 spiro atoms. The second-order valence-electron chi connectivity index (χ2n) is 8.43.